The van der Waals surface area contributed by atoms with Gasteiger partial charge in [-0.15, -0.1) is 0 Å². The Bertz CT molecular complexity index is 714. The first-order valence-corrected chi connectivity index (χ1v) is 7.33. The van der Waals surface area contributed by atoms with Crippen LogP contribution in [0.25, 0.3) is 11.1 Å². The molecule has 1 heterocycles. The van der Waals surface area contributed by atoms with Gasteiger partial charge in [-0.05, 0) is 34.0 Å². The summed E-state index contributed by atoms with van der Waals surface area (Å²) in [6.45, 7) is 1.40. The summed E-state index contributed by atoms with van der Waals surface area (Å²) in [5, 5.41) is 12.4. The van der Waals surface area contributed by atoms with Gasteiger partial charge in [-0.2, -0.15) is 18.3 Å². The molecule has 0 saturated heterocycles. The molecular formula is C14H12BrF5N2O. The van der Waals surface area contributed by atoms with E-state index >= 15 is 0 Å². The van der Waals surface area contributed by atoms with Crippen molar-refractivity contribution in [3.05, 3.63) is 40.1 Å². The average Bonchev–Trinajstić information content (AvgIpc) is 2.88. The molecule has 2 aromatic rings. The van der Waals surface area contributed by atoms with Crippen molar-refractivity contribution in [2.45, 2.75) is 19.6 Å². The molecule has 0 saturated carbocycles. The molecule has 9 heteroatoms. The van der Waals surface area contributed by atoms with Crippen LogP contribution in [-0.2, 0) is 12.7 Å². The molecule has 2 rings (SSSR count). The van der Waals surface area contributed by atoms with Gasteiger partial charge in [-0.25, -0.2) is 8.78 Å². The van der Waals surface area contributed by atoms with Crippen molar-refractivity contribution >= 4 is 15.9 Å². The zero-order valence-electron chi connectivity index (χ0n) is 11.8. The molecule has 3 nitrogen and oxygen atoms in total. The van der Waals surface area contributed by atoms with Gasteiger partial charge < -0.3 is 5.11 Å². The Balaban J connectivity index is 2.59. The Morgan fingerprint density at radius 1 is 1.22 bits per heavy atom. The quantitative estimate of drug-likeness (QED) is 0.617. The van der Waals surface area contributed by atoms with Crippen LogP contribution in [-0.4, -0.2) is 21.5 Å². The van der Waals surface area contributed by atoms with Crippen LogP contribution < -0.4 is 0 Å². The van der Waals surface area contributed by atoms with Crippen LogP contribution in [0.1, 0.15) is 12.6 Å². The van der Waals surface area contributed by atoms with Crippen LogP contribution in [0.3, 0.4) is 0 Å². The van der Waals surface area contributed by atoms with E-state index in [1.54, 1.807) is 6.92 Å². The zero-order chi connectivity index (χ0) is 17.4. The van der Waals surface area contributed by atoms with Gasteiger partial charge in [-0.1, -0.05) is 6.92 Å². The fraction of sp³-hybridized carbons (Fsp3) is 0.357. The molecule has 0 bridgehead atoms. The maximum absolute atomic E-state index is 14.0. The maximum atomic E-state index is 14.0. The van der Waals surface area contributed by atoms with Gasteiger partial charge in [0.2, 0.25) is 0 Å². The standard InChI is InChI=1S/C14H12BrF5N2O/c1-7(6-23)4-22-5-9(13(21-22)14(18,19)20)8-2-3-10(15)12(17)11(8)16/h2-3,5,7,23H,4,6H2,1H3. The fourth-order valence-electron chi connectivity index (χ4n) is 2.03. The highest BCUT2D eigenvalue weighted by Crippen LogP contribution is 2.38. The molecule has 0 aliphatic rings. The Morgan fingerprint density at radius 3 is 2.43 bits per heavy atom. The molecule has 0 aliphatic heterocycles. The molecule has 1 aromatic heterocycles. The first-order valence-electron chi connectivity index (χ1n) is 6.54. The van der Waals surface area contributed by atoms with Gasteiger partial charge in [-0.3, -0.25) is 4.68 Å². The lowest BCUT2D eigenvalue weighted by Crippen LogP contribution is -2.13. The summed E-state index contributed by atoms with van der Waals surface area (Å²) in [7, 11) is 0. The van der Waals surface area contributed by atoms with Crippen molar-refractivity contribution in [1.82, 2.24) is 9.78 Å². The average molecular weight is 399 g/mol. The smallest absolute Gasteiger partial charge is 0.396 e. The van der Waals surface area contributed by atoms with Crippen molar-refractivity contribution in [2.24, 2.45) is 5.92 Å². The number of alkyl halides is 3. The molecule has 0 spiro atoms. The van der Waals surface area contributed by atoms with Gasteiger partial charge in [0, 0.05) is 30.5 Å². The SMILES string of the molecule is CC(CO)Cn1cc(-c2ccc(Br)c(F)c2F)c(C(F)(F)F)n1. The minimum absolute atomic E-state index is 0.0141. The number of hydrogen-bond acceptors (Lipinski definition) is 2. The molecule has 1 aromatic carbocycles. The number of aliphatic hydroxyl groups is 1. The topological polar surface area (TPSA) is 38.0 Å². The third-order valence-electron chi connectivity index (χ3n) is 3.17. The summed E-state index contributed by atoms with van der Waals surface area (Å²) < 4.78 is 67.8. The first-order chi connectivity index (χ1) is 10.6. The van der Waals surface area contributed by atoms with E-state index in [-0.39, 0.29) is 23.5 Å². The predicted octanol–water partition coefficient (Wildman–Crippen LogP) is 4.24. The summed E-state index contributed by atoms with van der Waals surface area (Å²) in [4.78, 5) is 0. The van der Waals surface area contributed by atoms with E-state index < -0.39 is 34.6 Å². The minimum Gasteiger partial charge on any atom is -0.396 e. The molecule has 0 amide bonds. The molecule has 0 aliphatic carbocycles. The normalized spacial score (nSPS) is 13.4. The third kappa shape index (κ3) is 3.72. The number of halogens is 6. The van der Waals surface area contributed by atoms with E-state index in [0.29, 0.717) is 0 Å². The van der Waals surface area contributed by atoms with Crippen molar-refractivity contribution in [2.75, 3.05) is 6.61 Å². The Hall–Kier alpha value is -1.48. The van der Waals surface area contributed by atoms with Gasteiger partial charge in [0.15, 0.2) is 17.3 Å². The highest BCUT2D eigenvalue weighted by atomic mass is 79.9. The molecule has 0 radical (unpaired) electrons. The second-order valence-electron chi connectivity index (χ2n) is 5.12. The van der Waals surface area contributed by atoms with Crippen LogP contribution in [0.2, 0.25) is 0 Å². The van der Waals surface area contributed by atoms with E-state index in [1.807, 2.05) is 0 Å². The summed E-state index contributed by atoms with van der Waals surface area (Å²) in [5.74, 6) is -3.00. The van der Waals surface area contributed by atoms with Crippen LogP contribution >= 0.6 is 15.9 Å². The third-order valence-corrected chi connectivity index (χ3v) is 3.78. The Morgan fingerprint density at radius 2 is 1.87 bits per heavy atom. The van der Waals surface area contributed by atoms with E-state index in [4.69, 9.17) is 5.11 Å². The van der Waals surface area contributed by atoms with E-state index in [0.717, 1.165) is 23.0 Å². The van der Waals surface area contributed by atoms with E-state index in [9.17, 15) is 22.0 Å². The predicted molar refractivity (Wildman–Crippen MR) is 76.5 cm³/mol. The van der Waals surface area contributed by atoms with Crippen molar-refractivity contribution < 1.29 is 27.1 Å². The van der Waals surface area contributed by atoms with Crippen molar-refractivity contribution in [1.29, 1.82) is 0 Å². The molecule has 23 heavy (non-hydrogen) atoms. The number of rotatable bonds is 4. The maximum Gasteiger partial charge on any atom is 0.435 e. The van der Waals surface area contributed by atoms with Crippen LogP contribution in [0.5, 0.6) is 0 Å². The molecule has 1 unspecified atom stereocenters. The zero-order valence-corrected chi connectivity index (χ0v) is 13.4. The van der Waals surface area contributed by atoms with Gasteiger partial charge >= 0.3 is 6.18 Å². The fourth-order valence-corrected chi connectivity index (χ4v) is 2.34. The summed E-state index contributed by atoms with van der Waals surface area (Å²) in [5.41, 5.74) is -2.38. The van der Waals surface area contributed by atoms with Crippen molar-refractivity contribution in [3.8, 4) is 11.1 Å². The minimum atomic E-state index is -4.82. The number of nitrogens with zero attached hydrogens (tertiary/aromatic N) is 2. The second-order valence-corrected chi connectivity index (χ2v) is 5.98. The van der Waals surface area contributed by atoms with E-state index in [1.165, 1.54) is 0 Å². The van der Waals surface area contributed by atoms with E-state index in [2.05, 4.69) is 21.0 Å². The van der Waals surface area contributed by atoms with Gasteiger partial charge in [0.25, 0.3) is 0 Å². The molecule has 1 N–H and O–H groups in total. The summed E-state index contributed by atoms with van der Waals surface area (Å²) in [6, 6.07) is 2.18. The lowest BCUT2D eigenvalue weighted by atomic mass is 10.1. The summed E-state index contributed by atoms with van der Waals surface area (Å²) in [6.07, 6.45) is -3.82. The van der Waals surface area contributed by atoms with Crippen molar-refractivity contribution in [3.63, 3.8) is 0 Å². The largest absolute Gasteiger partial charge is 0.435 e. The highest BCUT2D eigenvalue weighted by Gasteiger charge is 2.38. The molecule has 1 atom stereocenters. The Labute approximate surface area is 136 Å². The Kier molecular flexibility index (Phi) is 5.10. The van der Waals surface area contributed by atoms with Crippen LogP contribution in [0.15, 0.2) is 22.8 Å². The highest BCUT2D eigenvalue weighted by molar-refractivity contribution is 9.10. The van der Waals surface area contributed by atoms with Gasteiger partial charge in [0.05, 0.1) is 4.47 Å². The van der Waals surface area contributed by atoms with Crippen LogP contribution in [0, 0.1) is 17.6 Å². The van der Waals surface area contributed by atoms with Gasteiger partial charge in [0.1, 0.15) is 0 Å². The number of aromatic nitrogens is 2. The number of hydrogen-bond donors (Lipinski definition) is 1. The number of benzene rings is 1. The molecular weight excluding hydrogens is 387 g/mol. The lowest BCUT2D eigenvalue weighted by molar-refractivity contribution is -0.141. The molecule has 0 fully saturated rings. The van der Waals surface area contributed by atoms with Crippen LogP contribution in [0.4, 0.5) is 22.0 Å². The number of aliphatic hydroxyl groups excluding tert-OH is 1. The second kappa shape index (κ2) is 6.56. The monoisotopic (exact) mass is 398 g/mol. The molecule has 126 valence electrons. The lowest BCUT2D eigenvalue weighted by Gasteiger charge is -2.08. The summed E-state index contributed by atoms with van der Waals surface area (Å²) >= 11 is 2.77. The first kappa shape index (κ1) is 17.9.